The number of carbonyl (C=O) groups is 1. The van der Waals surface area contributed by atoms with Crippen molar-refractivity contribution in [2.45, 2.75) is 44.9 Å². The van der Waals surface area contributed by atoms with Crippen LogP contribution in [-0.4, -0.2) is 11.1 Å². The maximum atomic E-state index is 13.3. The van der Waals surface area contributed by atoms with Crippen LogP contribution in [0.4, 0.5) is 4.39 Å². The molecule has 0 radical (unpaired) electrons. The molecule has 0 aromatic heterocycles. The van der Waals surface area contributed by atoms with Crippen LogP contribution in [0.5, 0.6) is 0 Å². The van der Waals surface area contributed by atoms with Gasteiger partial charge in [0.05, 0.1) is 5.41 Å². The Morgan fingerprint density at radius 2 is 1.89 bits per heavy atom. The van der Waals surface area contributed by atoms with E-state index < -0.39 is 11.4 Å². The molecule has 0 aliphatic heterocycles. The van der Waals surface area contributed by atoms with Gasteiger partial charge >= 0.3 is 5.97 Å². The quantitative estimate of drug-likeness (QED) is 0.826. The summed E-state index contributed by atoms with van der Waals surface area (Å²) < 4.78 is 14.1. The highest BCUT2D eigenvalue weighted by molar-refractivity contribution is 9.10. The highest BCUT2D eigenvalue weighted by atomic mass is 79.9. The molecule has 0 heterocycles. The molecule has 0 saturated heterocycles. The van der Waals surface area contributed by atoms with Gasteiger partial charge in [-0.05, 0) is 43.0 Å². The minimum Gasteiger partial charge on any atom is -0.481 e. The van der Waals surface area contributed by atoms with Crippen LogP contribution in [0.2, 0.25) is 0 Å². The lowest BCUT2D eigenvalue weighted by atomic mass is 9.75. The summed E-state index contributed by atoms with van der Waals surface area (Å²) >= 11 is 3.39. The lowest BCUT2D eigenvalue weighted by Gasteiger charge is -2.28. The van der Waals surface area contributed by atoms with Crippen molar-refractivity contribution in [3.05, 3.63) is 34.1 Å². The van der Waals surface area contributed by atoms with Crippen LogP contribution >= 0.6 is 15.9 Å². The van der Waals surface area contributed by atoms with Crippen LogP contribution in [0.1, 0.15) is 44.1 Å². The van der Waals surface area contributed by atoms with Crippen LogP contribution in [0.25, 0.3) is 0 Å². The molecule has 1 saturated carbocycles. The van der Waals surface area contributed by atoms with Gasteiger partial charge in [-0.3, -0.25) is 4.79 Å². The lowest BCUT2D eigenvalue weighted by Crippen LogP contribution is -2.33. The Hall–Kier alpha value is -0.900. The molecule has 2 nitrogen and oxygen atoms in total. The van der Waals surface area contributed by atoms with E-state index >= 15 is 0 Å². The monoisotopic (exact) mass is 328 g/mol. The van der Waals surface area contributed by atoms with Gasteiger partial charge in [-0.1, -0.05) is 41.6 Å². The fourth-order valence-electron chi connectivity index (χ4n) is 2.91. The van der Waals surface area contributed by atoms with Gasteiger partial charge in [-0.25, -0.2) is 4.39 Å². The van der Waals surface area contributed by atoms with Gasteiger partial charge in [0, 0.05) is 4.47 Å². The van der Waals surface area contributed by atoms with Gasteiger partial charge in [0.2, 0.25) is 0 Å². The van der Waals surface area contributed by atoms with Crippen LogP contribution < -0.4 is 0 Å². The molecule has 0 spiro atoms. The summed E-state index contributed by atoms with van der Waals surface area (Å²) in [5.41, 5.74) is 0.0246. The molecule has 0 unspecified atom stereocenters. The summed E-state index contributed by atoms with van der Waals surface area (Å²) in [4.78, 5) is 11.7. The zero-order chi connectivity index (χ0) is 13.9. The van der Waals surface area contributed by atoms with E-state index in [9.17, 15) is 14.3 Å². The molecular formula is C15H18BrFO2. The molecule has 4 heteroatoms. The maximum Gasteiger partial charge on any atom is 0.309 e. The molecule has 0 amide bonds. The first kappa shape index (κ1) is 14.5. The minimum atomic E-state index is -0.745. The average molecular weight is 329 g/mol. The van der Waals surface area contributed by atoms with E-state index in [2.05, 4.69) is 15.9 Å². The van der Waals surface area contributed by atoms with Crippen LogP contribution in [0.3, 0.4) is 0 Å². The first-order valence-electron chi connectivity index (χ1n) is 6.71. The lowest BCUT2D eigenvalue weighted by molar-refractivity contribution is -0.149. The topological polar surface area (TPSA) is 37.3 Å². The predicted molar refractivity (Wildman–Crippen MR) is 75.6 cm³/mol. The summed E-state index contributed by atoms with van der Waals surface area (Å²) in [6, 6.07) is 4.48. The zero-order valence-corrected chi connectivity index (χ0v) is 12.4. The Bertz CT molecular complexity index is 465. The number of halogens is 2. The smallest absolute Gasteiger partial charge is 0.309 e. The summed E-state index contributed by atoms with van der Waals surface area (Å²) in [7, 11) is 0. The summed E-state index contributed by atoms with van der Waals surface area (Å²) in [5.74, 6) is -1.06. The normalized spacial score (nSPS) is 18.8. The average Bonchev–Trinajstić information content (AvgIpc) is 2.60. The third kappa shape index (κ3) is 3.35. The van der Waals surface area contributed by atoms with E-state index in [1.807, 2.05) is 0 Å². The van der Waals surface area contributed by atoms with Crippen molar-refractivity contribution in [1.29, 1.82) is 0 Å². The van der Waals surface area contributed by atoms with Crippen molar-refractivity contribution in [3.63, 3.8) is 0 Å². The van der Waals surface area contributed by atoms with Crippen molar-refractivity contribution >= 4 is 21.9 Å². The molecule has 1 fully saturated rings. The Labute approximate surface area is 121 Å². The molecule has 1 N–H and O–H groups in total. The van der Waals surface area contributed by atoms with E-state index in [4.69, 9.17) is 0 Å². The zero-order valence-electron chi connectivity index (χ0n) is 10.8. The Kier molecular flexibility index (Phi) is 4.61. The van der Waals surface area contributed by atoms with Crippen molar-refractivity contribution < 1.29 is 14.3 Å². The standard InChI is InChI=1S/C15H18BrFO2/c16-13-6-5-12(17)9-11(13)10-15(14(18)19)7-3-1-2-4-8-15/h5-6,9H,1-4,7-8,10H2,(H,18,19). The molecule has 0 atom stereocenters. The SMILES string of the molecule is O=C(O)C1(Cc2cc(F)ccc2Br)CCCCCC1. The summed E-state index contributed by atoms with van der Waals surface area (Å²) in [6.45, 7) is 0. The second-order valence-electron chi connectivity index (χ2n) is 5.41. The molecular weight excluding hydrogens is 311 g/mol. The van der Waals surface area contributed by atoms with Crippen molar-refractivity contribution in [2.75, 3.05) is 0 Å². The van der Waals surface area contributed by atoms with E-state index in [1.54, 1.807) is 6.07 Å². The number of carboxylic acid groups (broad SMARTS) is 1. The van der Waals surface area contributed by atoms with E-state index in [0.717, 1.165) is 35.7 Å². The Morgan fingerprint density at radius 1 is 1.26 bits per heavy atom. The molecule has 2 rings (SSSR count). The number of hydrogen-bond donors (Lipinski definition) is 1. The predicted octanol–water partition coefficient (Wildman–Crippen LogP) is 4.56. The van der Waals surface area contributed by atoms with Gasteiger partial charge in [0.15, 0.2) is 0 Å². The fourth-order valence-corrected chi connectivity index (χ4v) is 3.30. The van der Waals surface area contributed by atoms with Crippen molar-refractivity contribution in [2.24, 2.45) is 5.41 Å². The van der Waals surface area contributed by atoms with Crippen LogP contribution in [0, 0.1) is 11.2 Å². The van der Waals surface area contributed by atoms with Gasteiger partial charge < -0.3 is 5.11 Å². The molecule has 0 bridgehead atoms. The third-order valence-corrected chi connectivity index (χ3v) is 4.82. The van der Waals surface area contributed by atoms with E-state index in [0.29, 0.717) is 19.3 Å². The number of benzene rings is 1. The number of rotatable bonds is 3. The molecule has 1 aliphatic rings. The molecule has 19 heavy (non-hydrogen) atoms. The second-order valence-corrected chi connectivity index (χ2v) is 6.27. The largest absolute Gasteiger partial charge is 0.481 e. The third-order valence-electron chi connectivity index (χ3n) is 4.05. The highest BCUT2D eigenvalue weighted by Gasteiger charge is 2.39. The first-order valence-corrected chi connectivity index (χ1v) is 7.50. The molecule has 104 valence electrons. The number of carboxylic acids is 1. The number of aliphatic carboxylic acids is 1. The van der Waals surface area contributed by atoms with Crippen LogP contribution in [0.15, 0.2) is 22.7 Å². The molecule has 1 aliphatic carbocycles. The van der Waals surface area contributed by atoms with Gasteiger partial charge in [0.25, 0.3) is 0 Å². The van der Waals surface area contributed by atoms with Crippen LogP contribution in [-0.2, 0) is 11.2 Å². The minimum absolute atomic E-state index is 0.313. The number of hydrogen-bond acceptors (Lipinski definition) is 1. The van der Waals surface area contributed by atoms with Crippen molar-refractivity contribution in [1.82, 2.24) is 0 Å². The second kappa shape index (κ2) is 6.04. The maximum absolute atomic E-state index is 13.3. The van der Waals surface area contributed by atoms with E-state index in [1.165, 1.54) is 12.1 Å². The Morgan fingerprint density at radius 3 is 2.47 bits per heavy atom. The fraction of sp³-hybridized carbons (Fsp3) is 0.533. The molecule has 1 aromatic rings. The molecule has 1 aromatic carbocycles. The Balaban J connectivity index is 2.29. The summed E-state index contributed by atoms with van der Waals surface area (Å²) in [6.07, 6.45) is 5.86. The van der Waals surface area contributed by atoms with Crippen molar-refractivity contribution in [3.8, 4) is 0 Å². The van der Waals surface area contributed by atoms with Gasteiger partial charge in [0.1, 0.15) is 5.82 Å². The van der Waals surface area contributed by atoms with Gasteiger partial charge in [-0.2, -0.15) is 0 Å². The first-order chi connectivity index (χ1) is 9.03. The summed E-state index contributed by atoms with van der Waals surface area (Å²) in [5, 5.41) is 9.63. The van der Waals surface area contributed by atoms with Gasteiger partial charge in [-0.15, -0.1) is 0 Å². The highest BCUT2D eigenvalue weighted by Crippen LogP contribution is 2.39. The van der Waals surface area contributed by atoms with E-state index in [-0.39, 0.29) is 5.82 Å².